The lowest BCUT2D eigenvalue weighted by atomic mass is 10.1. The van der Waals surface area contributed by atoms with E-state index in [1.165, 1.54) is 0 Å². The zero-order chi connectivity index (χ0) is 18.4. The number of rotatable bonds is 9. The Labute approximate surface area is 152 Å². The van der Waals surface area contributed by atoms with Gasteiger partial charge in [-0.2, -0.15) is 0 Å². The minimum atomic E-state index is -0.724. The van der Waals surface area contributed by atoms with E-state index in [2.05, 4.69) is 21.0 Å². The van der Waals surface area contributed by atoms with Crippen LogP contribution in [0.1, 0.15) is 37.9 Å². The molecule has 0 saturated carbocycles. The van der Waals surface area contributed by atoms with Crippen molar-refractivity contribution in [3.63, 3.8) is 0 Å². The van der Waals surface area contributed by atoms with Gasteiger partial charge in [0.15, 0.2) is 0 Å². The van der Waals surface area contributed by atoms with Crippen LogP contribution in [0.15, 0.2) is 36.5 Å². The van der Waals surface area contributed by atoms with Crippen molar-refractivity contribution in [3.05, 3.63) is 42.4 Å². The molecule has 6 heteroatoms. The van der Waals surface area contributed by atoms with E-state index in [0.29, 0.717) is 5.88 Å². The first-order chi connectivity index (χ1) is 12.7. The predicted molar refractivity (Wildman–Crippen MR) is 100 cm³/mol. The number of methoxy groups -OCH3 is 1. The molecule has 6 nitrogen and oxygen atoms in total. The molecule has 2 heterocycles. The molecule has 0 atom stereocenters. The Balaban J connectivity index is 1.66. The molecule has 0 aliphatic rings. The number of fused-ring (bicyclic) bond motifs is 1. The summed E-state index contributed by atoms with van der Waals surface area (Å²) in [6.07, 6.45) is 6.56. The van der Waals surface area contributed by atoms with Crippen molar-refractivity contribution in [2.24, 2.45) is 0 Å². The van der Waals surface area contributed by atoms with Gasteiger partial charge in [-0.15, -0.1) is 0 Å². The summed E-state index contributed by atoms with van der Waals surface area (Å²) >= 11 is 0. The smallest absolute Gasteiger partial charge is 0.303 e. The molecule has 1 aromatic carbocycles. The van der Waals surface area contributed by atoms with Crippen LogP contribution in [0, 0.1) is 0 Å². The number of ether oxygens (including phenoxy) is 1. The minimum Gasteiger partial charge on any atom is -0.481 e. The van der Waals surface area contributed by atoms with Crippen molar-refractivity contribution in [1.29, 1.82) is 0 Å². The van der Waals surface area contributed by atoms with Crippen molar-refractivity contribution in [1.82, 2.24) is 15.0 Å². The van der Waals surface area contributed by atoms with Gasteiger partial charge in [0.2, 0.25) is 5.88 Å². The van der Waals surface area contributed by atoms with E-state index in [9.17, 15) is 4.79 Å². The number of benzene rings is 1. The van der Waals surface area contributed by atoms with Crippen LogP contribution in [0.3, 0.4) is 0 Å². The lowest BCUT2D eigenvalue weighted by molar-refractivity contribution is -0.137. The molecule has 0 amide bonds. The molecule has 0 aliphatic carbocycles. The van der Waals surface area contributed by atoms with E-state index in [-0.39, 0.29) is 6.42 Å². The zero-order valence-corrected chi connectivity index (χ0v) is 14.9. The van der Waals surface area contributed by atoms with Gasteiger partial charge in [0, 0.05) is 18.2 Å². The van der Waals surface area contributed by atoms with Crippen LogP contribution in [0.25, 0.3) is 22.2 Å². The number of nitrogens with one attached hydrogen (secondary N) is 1. The number of carboxylic acids is 1. The minimum absolute atomic E-state index is 0.250. The summed E-state index contributed by atoms with van der Waals surface area (Å²) in [6, 6.07) is 10.00. The van der Waals surface area contributed by atoms with Gasteiger partial charge in [0.25, 0.3) is 0 Å². The van der Waals surface area contributed by atoms with E-state index in [0.717, 1.165) is 60.1 Å². The second kappa shape index (κ2) is 8.47. The van der Waals surface area contributed by atoms with Crippen molar-refractivity contribution >= 4 is 16.9 Å². The summed E-state index contributed by atoms with van der Waals surface area (Å²) in [5.41, 5.74) is 2.68. The van der Waals surface area contributed by atoms with E-state index in [1.807, 2.05) is 30.5 Å². The van der Waals surface area contributed by atoms with E-state index in [4.69, 9.17) is 9.84 Å². The number of aliphatic carboxylic acids is 1. The number of para-hydroxylation sites is 1. The van der Waals surface area contributed by atoms with Gasteiger partial charge < -0.3 is 14.8 Å². The highest BCUT2D eigenvalue weighted by Crippen LogP contribution is 2.30. The van der Waals surface area contributed by atoms with Crippen LogP contribution in [0.2, 0.25) is 0 Å². The highest BCUT2D eigenvalue weighted by Gasteiger charge is 2.12. The average molecular weight is 353 g/mol. The number of aromatic nitrogens is 3. The number of hydrogen-bond donors (Lipinski definition) is 2. The van der Waals surface area contributed by atoms with Crippen LogP contribution in [0.4, 0.5) is 0 Å². The van der Waals surface area contributed by atoms with Gasteiger partial charge in [-0.05, 0) is 25.0 Å². The molecule has 2 N–H and O–H groups in total. The molecule has 3 aromatic rings. The van der Waals surface area contributed by atoms with Crippen molar-refractivity contribution < 1.29 is 14.6 Å². The third-order valence-corrected chi connectivity index (χ3v) is 4.36. The summed E-state index contributed by atoms with van der Waals surface area (Å²) in [5, 5.41) is 9.69. The first-order valence-electron chi connectivity index (χ1n) is 8.87. The quantitative estimate of drug-likeness (QED) is 0.563. The van der Waals surface area contributed by atoms with E-state index in [1.54, 1.807) is 7.11 Å². The first-order valence-corrected chi connectivity index (χ1v) is 8.87. The molecule has 26 heavy (non-hydrogen) atoms. The fourth-order valence-corrected chi connectivity index (χ4v) is 3.00. The molecule has 0 spiro atoms. The molecule has 136 valence electrons. The Bertz CT molecular complexity index is 889. The molecule has 0 bridgehead atoms. The van der Waals surface area contributed by atoms with Gasteiger partial charge in [-0.3, -0.25) is 4.79 Å². The highest BCUT2D eigenvalue weighted by molar-refractivity contribution is 5.85. The number of imidazole rings is 1. The molecular formula is C20H23N3O3. The maximum Gasteiger partial charge on any atom is 0.303 e. The molecular weight excluding hydrogens is 330 g/mol. The summed E-state index contributed by atoms with van der Waals surface area (Å²) in [5.74, 6) is 0.777. The van der Waals surface area contributed by atoms with Crippen molar-refractivity contribution in [3.8, 4) is 17.1 Å². The number of aryl methyl sites for hydroxylation is 1. The second-order valence-electron chi connectivity index (χ2n) is 6.29. The van der Waals surface area contributed by atoms with E-state index >= 15 is 0 Å². The fourth-order valence-electron chi connectivity index (χ4n) is 3.00. The largest absolute Gasteiger partial charge is 0.481 e. The maximum absolute atomic E-state index is 10.5. The fraction of sp³-hybridized carbons (Fsp3) is 0.350. The average Bonchev–Trinajstić information content (AvgIpc) is 3.12. The van der Waals surface area contributed by atoms with E-state index < -0.39 is 5.97 Å². The number of nitrogens with zero attached hydrogens (tertiary/aromatic N) is 2. The maximum atomic E-state index is 10.5. The lowest BCUT2D eigenvalue weighted by Crippen LogP contribution is -1.95. The molecule has 0 unspecified atom stereocenters. The van der Waals surface area contributed by atoms with Gasteiger partial charge in [-0.25, -0.2) is 9.97 Å². The van der Waals surface area contributed by atoms with Gasteiger partial charge in [-0.1, -0.05) is 31.0 Å². The van der Waals surface area contributed by atoms with Crippen LogP contribution in [-0.4, -0.2) is 33.1 Å². The summed E-state index contributed by atoms with van der Waals surface area (Å²) < 4.78 is 5.46. The normalized spacial score (nSPS) is 11.0. The monoisotopic (exact) mass is 353 g/mol. The predicted octanol–water partition coefficient (Wildman–Crippen LogP) is 4.21. The van der Waals surface area contributed by atoms with Crippen LogP contribution in [0.5, 0.6) is 5.88 Å². The number of carbonyl (C=O) groups is 1. The van der Waals surface area contributed by atoms with Crippen molar-refractivity contribution in [2.75, 3.05) is 7.11 Å². The number of hydrogen-bond acceptors (Lipinski definition) is 4. The Morgan fingerprint density at radius 3 is 2.81 bits per heavy atom. The SMILES string of the molecule is COc1nc2ccccc2cc1-c1cnc(CCCCCCC(=O)O)[nH]1. The number of carboxylic acid groups (broad SMARTS) is 1. The molecule has 0 saturated heterocycles. The molecule has 0 aliphatic heterocycles. The van der Waals surface area contributed by atoms with Crippen LogP contribution < -0.4 is 4.74 Å². The topological polar surface area (TPSA) is 88.1 Å². The standard InChI is InChI=1S/C20H23N3O3/c1-26-20-15(12-14-8-6-7-9-16(14)23-20)17-13-21-18(22-17)10-4-2-3-5-11-19(24)25/h6-9,12-13H,2-5,10-11H2,1H3,(H,21,22)(H,24,25). The van der Waals surface area contributed by atoms with Gasteiger partial charge in [0.1, 0.15) is 5.82 Å². The van der Waals surface area contributed by atoms with Gasteiger partial charge in [0.05, 0.1) is 30.1 Å². The lowest BCUT2D eigenvalue weighted by Gasteiger charge is -2.07. The van der Waals surface area contributed by atoms with Crippen LogP contribution in [-0.2, 0) is 11.2 Å². The summed E-state index contributed by atoms with van der Waals surface area (Å²) in [6.45, 7) is 0. The second-order valence-corrected chi connectivity index (χ2v) is 6.29. The summed E-state index contributed by atoms with van der Waals surface area (Å²) in [7, 11) is 1.62. The molecule has 3 rings (SSSR count). The van der Waals surface area contributed by atoms with Crippen molar-refractivity contribution in [2.45, 2.75) is 38.5 Å². The third kappa shape index (κ3) is 4.39. The molecule has 0 radical (unpaired) electrons. The Kier molecular flexibility index (Phi) is 5.84. The molecule has 0 fully saturated rings. The number of H-pyrrole nitrogens is 1. The number of aromatic amines is 1. The Hall–Kier alpha value is -2.89. The summed E-state index contributed by atoms with van der Waals surface area (Å²) in [4.78, 5) is 22.9. The Morgan fingerprint density at radius 1 is 1.19 bits per heavy atom. The van der Waals surface area contributed by atoms with Crippen LogP contribution >= 0.6 is 0 Å². The third-order valence-electron chi connectivity index (χ3n) is 4.36. The zero-order valence-electron chi connectivity index (χ0n) is 14.9. The van der Waals surface area contributed by atoms with Gasteiger partial charge >= 0.3 is 5.97 Å². The molecule has 2 aromatic heterocycles. The number of pyridine rings is 1. The number of unbranched alkanes of at least 4 members (excludes halogenated alkanes) is 3. The Morgan fingerprint density at radius 2 is 2.00 bits per heavy atom. The highest BCUT2D eigenvalue weighted by atomic mass is 16.5. The first kappa shape index (κ1) is 17.9.